The number of likely N-dealkylation sites (N-methyl/N-ethyl adjacent to an activating group) is 1. The first-order valence-electron chi connectivity index (χ1n) is 11.9. The first-order chi connectivity index (χ1) is 18.7. The summed E-state index contributed by atoms with van der Waals surface area (Å²) in [7, 11) is 3.52. The average molecular weight is 634 g/mol. The van der Waals surface area contributed by atoms with Crippen LogP contribution in [-0.2, 0) is 18.9 Å². The molecule has 40 heavy (non-hydrogen) atoms. The third kappa shape index (κ3) is 8.15. The maximum atomic E-state index is 12.4. The molecule has 1 aromatic heterocycles. The largest absolute Gasteiger partial charge is 0.478 e. The van der Waals surface area contributed by atoms with Crippen LogP contribution in [0.1, 0.15) is 27.0 Å². The quantitative estimate of drug-likeness (QED) is 0.344. The topological polar surface area (TPSA) is 81.6 Å². The van der Waals surface area contributed by atoms with Gasteiger partial charge >= 0.3 is 18.3 Å². The van der Waals surface area contributed by atoms with Crippen molar-refractivity contribution in [2.24, 2.45) is 0 Å². The Morgan fingerprint density at radius 1 is 1.00 bits per heavy atom. The van der Waals surface area contributed by atoms with Crippen molar-refractivity contribution in [3.8, 4) is 11.3 Å². The number of nitrogens with zero attached hydrogens (tertiary/aromatic N) is 4. The highest BCUT2D eigenvalue weighted by atomic mass is 79.9. The lowest BCUT2D eigenvalue weighted by Gasteiger charge is -2.32. The van der Waals surface area contributed by atoms with Crippen molar-refractivity contribution in [3.63, 3.8) is 0 Å². The van der Waals surface area contributed by atoms with Gasteiger partial charge in [0.15, 0.2) is 0 Å². The van der Waals surface area contributed by atoms with Crippen LogP contribution in [-0.4, -0.2) is 66.2 Å². The standard InChI is InChI=1S/C16H17BrN4O2.C10H9F6N/c1-20-6-8-21(9-7-20)16-18-10-12(15(22)23)14(19-16)11-4-2-3-5-13(11)17;1-17-5-6-2-7(9(11,12)13)4-8(3-6)10(14,15)16/h2-5,10H,6-9H2,1H3,(H,22,23);2-4,17H,5H2,1H3. The second-order valence-corrected chi connectivity index (χ2v) is 9.81. The Morgan fingerprint density at radius 2 is 1.57 bits per heavy atom. The molecule has 1 saturated heterocycles. The Morgan fingerprint density at radius 3 is 2.08 bits per heavy atom. The van der Waals surface area contributed by atoms with Crippen molar-refractivity contribution in [2.45, 2.75) is 18.9 Å². The highest BCUT2D eigenvalue weighted by molar-refractivity contribution is 9.10. The number of carbonyl (C=O) groups is 1. The molecule has 0 spiro atoms. The molecule has 14 heteroatoms. The molecule has 2 N–H and O–H groups in total. The number of carboxylic acid groups (broad SMARTS) is 1. The van der Waals surface area contributed by atoms with Crippen LogP contribution < -0.4 is 10.2 Å². The van der Waals surface area contributed by atoms with Gasteiger partial charge in [0, 0.05) is 49.0 Å². The zero-order valence-electron chi connectivity index (χ0n) is 21.4. The summed E-state index contributed by atoms with van der Waals surface area (Å²) in [5.74, 6) is -0.450. The van der Waals surface area contributed by atoms with Crippen LogP contribution in [0.2, 0.25) is 0 Å². The van der Waals surface area contributed by atoms with Crippen molar-refractivity contribution >= 4 is 27.8 Å². The number of hydrogen-bond donors (Lipinski definition) is 2. The summed E-state index contributed by atoms with van der Waals surface area (Å²) < 4.78 is 75.1. The summed E-state index contributed by atoms with van der Waals surface area (Å²) in [6.45, 7) is 3.48. The number of nitrogens with one attached hydrogen (secondary N) is 1. The van der Waals surface area contributed by atoms with E-state index in [0.29, 0.717) is 23.8 Å². The lowest BCUT2D eigenvalue weighted by atomic mass is 10.0. The van der Waals surface area contributed by atoms with E-state index in [9.17, 15) is 36.2 Å². The van der Waals surface area contributed by atoms with Crippen LogP contribution >= 0.6 is 15.9 Å². The minimum Gasteiger partial charge on any atom is -0.478 e. The van der Waals surface area contributed by atoms with E-state index < -0.39 is 29.4 Å². The van der Waals surface area contributed by atoms with Crippen LogP contribution in [0.4, 0.5) is 32.3 Å². The summed E-state index contributed by atoms with van der Waals surface area (Å²) >= 11 is 3.47. The van der Waals surface area contributed by atoms with Crippen LogP contribution in [0.3, 0.4) is 0 Å². The van der Waals surface area contributed by atoms with Crippen molar-refractivity contribution in [1.29, 1.82) is 0 Å². The molecule has 1 fully saturated rings. The summed E-state index contributed by atoms with van der Waals surface area (Å²) in [6, 6.07) is 8.99. The number of alkyl halides is 6. The zero-order valence-corrected chi connectivity index (χ0v) is 23.0. The number of rotatable bonds is 5. The molecule has 0 saturated carbocycles. The van der Waals surface area contributed by atoms with Crippen LogP contribution in [0.25, 0.3) is 11.3 Å². The highest BCUT2D eigenvalue weighted by Gasteiger charge is 2.36. The normalized spacial score (nSPS) is 14.5. The van der Waals surface area contributed by atoms with E-state index in [-0.39, 0.29) is 23.7 Å². The molecule has 0 atom stereocenters. The van der Waals surface area contributed by atoms with Crippen LogP contribution in [0, 0.1) is 0 Å². The smallest absolute Gasteiger partial charge is 0.416 e. The molecule has 216 valence electrons. The number of anilines is 1. The molecule has 3 aromatic rings. The van der Waals surface area contributed by atoms with Gasteiger partial charge in [-0.25, -0.2) is 14.8 Å². The number of halogens is 7. The third-order valence-electron chi connectivity index (χ3n) is 5.95. The Kier molecular flexibility index (Phi) is 10.1. The first kappa shape index (κ1) is 31.3. The van der Waals surface area contributed by atoms with E-state index in [1.165, 1.54) is 13.2 Å². The minimum absolute atomic E-state index is 0.0605. The van der Waals surface area contributed by atoms with E-state index in [0.717, 1.165) is 36.2 Å². The molecule has 7 nitrogen and oxygen atoms in total. The van der Waals surface area contributed by atoms with Crippen molar-refractivity contribution < 1.29 is 36.2 Å². The molecule has 0 aliphatic carbocycles. The van der Waals surface area contributed by atoms with E-state index in [4.69, 9.17) is 0 Å². The van der Waals surface area contributed by atoms with Gasteiger partial charge in [0.1, 0.15) is 5.56 Å². The van der Waals surface area contributed by atoms with Gasteiger partial charge in [0.05, 0.1) is 16.8 Å². The van der Waals surface area contributed by atoms with Gasteiger partial charge in [-0.1, -0.05) is 34.1 Å². The molecule has 1 aliphatic rings. The van der Waals surface area contributed by atoms with E-state index in [1.54, 1.807) is 0 Å². The van der Waals surface area contributed by atoms with Crippen molar-refractivity contribution in [1.82, 2.24) is 20.2 Å². The van der Waals surface area contributed by atoms with Gasteiger partial charge in [-0.2, -0.15) is 26.3 Å². The van der Waals surface area contributed by atoms with Crippen molar-refractivity contribution in [3.05, 3.63) is 75.4 Å². The van der Waals surface area contributed by atoms with E-state index >= 15 is 0 Å². The minimum atomic E-state index is -4.79. The first-order valence-corrected chi connectivity index (χ1v) is 12.7. The molecule has 0 unspecified atom stereocenters. The lowest BCUT2D eigenvalue weighted by Crippen LogP contribution is -2.45. The Bertz CT molecular complexity index is 1300. The second kappa shape index (κ2) is 13.0. The van der Waals surface area contributed by atoms with E-state index in [1.807, 2.05) is 24.3 Å². The molecular formula is C26H26BrF6N5O2. The van der Waals surface area contributed by atoms with Gasteiger partial charge in [-0.05, 0) is 43.9 Å². The molecule has 2 heterocycles. The molecule has 0 amide bonds. The summed E-state index contributed by atoms with van der Waals surface area (Å²) in [4.78, 5) is 24.7. The molecule has 0 bridgehead atoms. The number of piperazine rings is 1. The molecule has 1 aliphatic heterocycles. The molecule has 0 radical (unpaired) electrons. The van der Waals surface area contributed by atoms with Gasteiger partial charge < -0.3 is 20.2 Å². The Labute approximate surface area is 235 Å². The monoisotopic (exact) mass is 633 g/mol. The number of benzene rings is 2. The Hall–Kier alpha value is -3.23. The van der Waals surface area contributed by atoms with Crippen LogP contribution in [0.15, 0.2) is 53.1 Å². The van der Waals surface area contributed by atoms with Crippen molar-refractivity contribution in [2.75, 3.05) is 45.2 Å². The zero-order chi connectivity index (χ0) is 29.7. The van der Waals surface area contributed by atoms with Crippen LogP contribution in [0.5, 0.6) is 0 Å². The molecule has 4 rings (SSSR count). The number of hydrogen-bond acceptors (Lipinski definition) is 6. The fourth-order valence-corrected chi connectivity index (χ4v) is 4.34. The molecule has 2 aromatic carbocycles. The number of carboxylic acids is 1. The predicted molar refractivity (Wildman–Crippen MR) is 141 cm³/mol. The predicted octanol–water partition coefficient (Wildman–Crippen LogP) is 5.80. The van der Waals surface area contributed by atoms with Gasteiger partial charge in [0.25, 0.3) is 0 Å². The van der Waals surface area contributed by atoms with Gasteiger partial charge in [-0.3, -0.25) is 0 Å². The van der Waals surface area contributed by atoms with Gasteiger partial charge in [-0.15, -0.1) is 0 Å². The van der Waals surface area contributed by atoms with Gasteiger partial charge in [0.2, 0.25) is 5.95 Å². The van der Waals surface area contributed by atoms with E-state index in [2.05, 4.69) is 48.1 Å². The third-order valence-corrected chi connectivity index (χ3v) is 6.64. The lowest BCUT2D eigenvalue weighted by molar-refractivity contribution is -0.143. The summed E-state index contributed by atoms with van der Waals surface area (Å²) in [5.41, 5.74) is -1.35. The highest BCUT2D eigenvalue weighted by Crippen LogP contribution is 2.36. The fraction of sp³-hybridized carbons (Fsp3) is 0.346. The maximum Gasteiger partial charge on any atom is 0.416 e. The number of aromatic carboxylic acids is 1. The SMILES string of the molecule is CN1CCN(c2ncc(C(=O)O)c(-c3ccccc3Br)n2)CC1.CNCc1cc(C(F)(F)F)cc(C(F)(F)F)c1. The average Bonchev–Trinajstić information content (AvgIpc) is 2.88. The number of aromatic nitrogens is 2. The second-order valence-electron chi connectivity index (χ2n) is 8.95. The maximum absolute atomic E-state index is 12.4. The Balaban J connectivity index is 0.000000232. The fourth-order valence-electron chi connectivity index (χ4n) is 3.87. The summed E-state index contributed by atoms with van der Waals surface area (Å²) in [5, 5.41) is 11.9. The molecular weight excluding hydrogens is 608 g/mol. The summed E-state index contributed by atoms with van der Waals surface area (Å²) in [6.07, 6.45) is -8.18.